The Morgan fingerprint density at radius 3 is 2.52 bits per heavy atom. The van der Waals surface area contributed by atoms with Gasteiger partial charge in [-0.2, -0.15) is 0 Å². The minimum atomic E-state index is -1.01. The van der Waals surface area contributed by atoms with Crippen LogP contribution in [0.2, 0.25) is 0 Å². The third-order valence-corrected chi connectivity index (χ3v) is 3.21. The number of nitrogens with one attached hydrogen (secondary N) is 2. The number of hydrogen-bond donors (Lipinski definition) is 3. The predicted octanol–water partition coefficient (Wildman–Crippen LogP) is 3.34. The van der Waals surface area contributed by atoms with E-state index in [-0.39, 0.29) is 17.5 Å². The first-order valence-electron chi connectivity index (χ1n) is 6.77. The van der Waals surface area contributed by atoms with Gasteiger partial charge in [-0.3, -0.25) is 0 Å². The van der Waals surface area contributed by atoms with Gasteiger partial charge in [-0.05, 0) is 36.1 Å². The van der Waals surface area contributed by atoms with Crippen LogP contribution in [0.15, 0.2) is 30.3 Å². The zero-order valence-electron chi connectivity index (χ0n) is 12.8. The molecule has 5 heteroatoms. The number of anilines is 1. The lowest BCUT2D eigenvalue weighted by atomic mass is 9.88. The number of carbonyl (C=O) groups excluding carboxylic acids is 1. The van der Waals surface area contributed by atoms with Gasteiger partial charge < -0.3 is 15.7 Å². The quantitative estimate of drug-likeness (QED) is 0.744. The fraction of sp³-hybridized carbons (Fsp3) is 0.375. The summed E-state index contributed by atoms with van der Waals surface area (Å²) in [6, 6.07) is 6.72. The Balaban J connectivity index is 2.69. The van der Waals surface area contributed by atoms with Crippen LogP contribution in [0, 0.1) is 5.41 Å². The number of carbonyl (C=O) groups is 2. The first kappa shape index (κ1) is 16.8. The SMILES string of the molecule is CC(NC(=O)Nc1cccc(/C=C/C(=O)O)c1)C(C)(C)C. The number of rotatable bonds is 4. The third-order valence-electron chi connectivity index (χ3n) is 3.21. The van der Waals surface area contributed by atoms with Crippen molar-refractivity contribution in [1.82, 2.24) is 5.32 Å². The van der Waals surface area contributed by atoms with Crippen molar-refractivity contribution >= 4 is 23.8 Å². The molecule has 1 rings (SSSR count). The fourth-order valence-electron chi connectivity index (χ4n) is 1.47. The van der Waals surface area contributed by atoms with E-state index in [4.69, 9.17) is 5.11 Å². The van der Waals surface area contributed by atoms with Gasteiger partial charge in [-0.15, -0.1) is 0 Å². The smallest absolute Gasteiger partial charge is 0.328 e. The van der Waals surface area contributed by atoms with E-state index < -0.39 is 5.97 Å². The van der Waals surface area contributed by atoms with Gasteiger partial charge in [-0.1, -0.05) is 32.9 Å². The summed E-state index contributed by atoms with van der Waals surface area (Å²) in [5, 5.41) is 14.2. The average molecular weight is 290 g/mol. The summed E-state index contributed by atoms with van der Waals surface area (Å²) in [4.78, 5) is 22.4. The topological polar surface area (TPSA) is 78.4 Å². The molecule has 0 spiro atoms. The molecule has 0 aromatic heterocycles. The van der Waals surface area contributed by atoms with E-state index in [0.29, 0.717) is 11.3 Å². The number of carboxylic acids is 1. The molecular weight excluding hydrogens is 268 g/mol. The van der Waals surface area contributed by atoms with Gasteiger partial charge in [0.1, 0.15) is 0 Å². The predicted molar refractivity (Wildman–Crippen MR) is 84.2 cm³/mol. The largest absolute Gasteiger partial charge is 0.478 e. The summed E-state index contributed by atoms with van der Waals surface area (Å²) in [6.45, 7) is 8.10. The molecule has 0 aliphatic rings. The lowest BCUT2D eigenvalue weighted by Gasteiger charge is -2.28. The minimum absolute atomic E-state index is 0.0209. The van der Waals surface area contributed by atoms with E-state index in [1.807, 2.05) is 6.92 Å². The molecule has 0 bridgehead atoms. The minimum Gasteiger partial charge on any atom is -0.478 e. The van der Waals surface area contributed by atoms with Crippen LogP contribution in [-0.2, 0) is 4.79 Å². The highest BCUT2D eigenvalue weighted by atomic mass is 16.4. The standard InChI is InChI=1S/C16H22N2O3/c1-11(16(2,3)4)17-15(21)18-13-7-5-6-12(10-13)8-9-14(19)20/h5-11H,1-4H3,(H,19,20)(H2,17,18,21)/b9-8+. The van der Waals surface area contributed by atoms with Gasteiger partial charge in [0.05, 0.1) is 0 Å². The van der Waals surface area contributed by atoms with Crippen molar-refractivity contribution in [3.8, 4) is 0 Å². The van der Waals surface area contributed by atoms with Crippen molar-refractivity contribution in [3.05, 3.63) is 35.9 Å². The van der Waals surface area contributed by atoms with E-state index in [1.165, 1.54) is 6.08 Å². The molecule has 21 heavy (non-hydrogen) atoms. The molecule has 5 nitrogen and oxygen atoms in total. The van der Waals surface area contributed by atoms with E-state index in [0.717, 1.165) is 6.08 Å². The molecule has 0 saturated heterocycles. The molecule has 114 valence electrons. The molecule has 1 atom stereocenters. The number of aliphatic carboxylic acids is 1. The Hall–Kier alpha value is -2.30. The summed E-state index contributed by atoms with van der Waals surface area (Å²) < 4.78 is 0. The van der Waals surface area contributed by atoms with Gasteiger partial charge >= 0.3 is 12.0 Å². The van der Waals surface area contributed by atoms with Crippen LogP contribution in [0.4, 0.5) is 10.5 Å². The molecule has 2 amide bonds. The molecule has 1 aromatic rings. The Morgan fingerprint density at radius 2 is 1.95 bits per heavy atom. The Kier molecular flexibility index (Phi) is 5.52. The highest BCUT2D eigenvalue weighted by Gasteiger charge is 2.21. The summed E-state index contributed by atoms with van der Waals surface area (Å²) >= 11 is 0. The second-order valence-corrected chi connectivity index (χ2v) is 5.98. The zero-order valence-corrected chi connectivity index (χ0v) is 12.8. The van der Waals surface area contributed by atoms with Crippen molar-refractivity contribution in [2.24, 2.45) is 5.41 Å². The third kappa shape index (κ3) is 6.12. The summed E-state index contributed by atoms with van der Waals surface area (Å²) in [6.07, 6.45) is 2.53. The van der Waals surface area contributed by atoms with Gasteiger partial charge in [0.25, 0.3) is 0 Å². The van der Waals surface area contributed by atoms with Crippen molar-refractivity contribution in [3.63, 3.8) is 0 Å². The summed E-state index contributed by atoms with van der Waals surface area (Å²) in [5.74, 6) is -1.01. The maximum Gasteiger partial charge on any atom is 0.328 e. The molecular formula is C16H22N2O3. The highest BCUT2D eigenvalue weighted by Crippen LogP contribution is 2.18. The van der Waals surface area contributed by atoms with Crippen LogP contribution >= 0.6 is 0 Å². The van der Waals surface area contributed by atoms with E-state index in [2.05, 4.69) is 31.4 Å². The molecule has 3 N–H and O–H groups in total. The maximum atomic E-state index is 11.9. The first-order valence-corrected chi connectivity index (χ1v) is 6.77. The lowest BCUT2D eigenvalue weighted by molar-refractivity contribution is -0.131. The lowest BCUT2D eigenvalue weighted by Crippen LogP contribution is -2.43. The number of hydrogen-bond acceptors (Lipinski definition) is 2. The normalized spacial score (nSPS) is 13.0. The van der Waals surface area contributed by atoms with Crippen LogP contribution in [0.3, 0.4) is 0 Å². The Morgan fingerprint density at radius 1 is 1.29 bits per heavy atom. The van der Waals surface area contributed by atoms with Gasteiger partial charge in [-0.25, -0.2) is 9.59 Å². The monoisotopic (exact) mass is 290 g/mol. The van der Waals surface area contributed by atoms with Crippen LogP contribution in [0.25, 0.3) is 6.08 Å². The van der Waals surface area contributed by atoms with Crippen molar-refractivity contribution in [1.29, 1.82) is 0 Å². The second-order valence-electron chi connectivity index (χ2n) is 5.98. The van der Waals surface area contributed by atoms with E-state index >= 15 is 0 Å². The van der Waals surface area contributed by atoms with Crippen molar-refractivity contribution in [2.45, 2.75) is 33.7 Å². The maximum absolute atomic E-state index is 11.9. The van der Waals surface area contributed by atoms with Gasteiger partial charge in [0.2, 0.25) is 0 Å². The molecule has 0 fully saturated rings. The van der Waals surface area contributed by atoms with E-state index in [9.17, 15) is 9.59 Å². The molecule has 0 saturated carbocycles. The van der Waals surface area contributed by atoms with Crippen LogP contribution in [0.1, 0.15) is 33.3 Å². The molecule has 1 aromatic carbocycles. The Labute approximate surface area is 125 Å². The van der Waals surface area contributed by atoms with Crippen LogP contribution < -0.4 is 10.6 Å². The number of amides is 2. The van der Waals surface area contributed by atoms with Gasteiger partial charge in [0.15, 0.2) is 0 Å². The average Bonchev–Trinajstić information content (AvgIpc) is 2.35. The van der Waals surface area contributed by atoms with Gasteiger partial charge in [0, 0.05) is 17.8 Å². The number of carboxylic acid groups (broad SMARTS) is 1. The van der Waals surface area contributed by atoms with Crippen LogP contribution in [-0.4, -0.2) is 23.1 Å². The highest BCUT2D eigenvalue weighted by molar-refractivity contribution is 5.90. The molecule has 0 aliphatic heterocycles. The second kappa shape index (κ2) is 6.92. The molecule has 1 unspecified atom stereocenters. The first-order chi connectivity index (χ1) is 9.68. The summed E-state index contributed by atoms with van der Waals surface area (Å²) in [7, 11) is 0. The van der Waals surface area contributed by atoms with Crippen molar-refractivity contribution in [2.75, 3.05) is 5.32 Å². The number of urea groups is 1. The molecule has 0 radical (unpaired) electrons. The zero-order chi connectivity index (χ0) is 16.0. The van der Waals surface area contributed by atoms with E-state index in [1.54, 1.807) is 24.3 Å². The number of benzene rings is 1. The fourth-order valence-corrected chi connectivity index (χ4v) is 1.47. The van der Waals surface area contributed by atoms with Crippen LogP contribution in [0.5, 0.6) is 0 Å². The molecule has 0 aliphatic carbocycles. The van der Waals surface area contributed by atoms with Crippen molar-refractivity contribution < 1.29 is 14.7 Å². The molecule has 0 heterocycles. The summed E-state index contributed by atoms with van der Waals surface area (Å²) in [5.41, 5.74) is 1.30. The Bertz CT molecular complexity index is 545.